The molecular weight excluding hydrogens is 517 g/mol. The number of morpholine rings is 1. The Labute approximate surface area is 210 Å². The largest absolute Gasteiger partial charge is 0.379 e. The van der Waals surface area contributed by atoms with E-state index in [0.29, 0.717) is 11.8 Å². The smallest absolute Gasteiger partial charge is 0.243 e. The Hall–Kier alpha value is -1.39. The van der Waals surface area contributed by atoms with Gasteiger partial charge in [0.05, 0.1) is 13.2 Å². The molecule has 1 N–H and O–H groups in total. The second-order valence-electron chi connectivity index (χ2n) is 8.73. The Morgan fingerprint density at radius 1 is 1.19 bits per heavy atom. The SMILES string of the molecule is CCC1CN(C(=NCC(=O)N(C)C)NCCN2CCOCC2)CCC1c1ccccc1.I. The maximum Gasteiger partial charge on any atom is 0.243 e. The Balaban J connectivity index is 0.00000363. The van der Waals surface area contributed by atoms with Crippen LogP contribution in [-0.4, -0.2) is 99.7 Å². The third-order valence-corrected chi connectivity index (χ3v) is 6.46. The summed E-state index contributed by atoms with van der Waals surface area (Å²) < 4.78 is 5.44. The molecule has 3 rings (SSSR count). The predicted molar refractivity (Wildman–Crippen MR) is 141 cm³/mol. The standard InChI is InChI=1S/C24H39N5O2.HI/c1-4-20-19-29(12-10-22(20)21-8-6-5-7-9-21)24(26-18-23(30)27(2)3)25-11-13-28-14-16-31-17-15-28;/h5-9,20,22H,4,10-19H2,1-3H3,(H,25,26);1H. The lowest BCUT2D eigenvalue weighted by Gasteiger charge is -2.40. The Morgan fingerprint density at radius 2 is 1.91 bits per heavy atom. The van der Waals surface area contributed by atoms with E-state index in [9.17, 15) is 4.79 Å². The third kappa shape index (κ3) is 7.88. The van der Waals surface area contributed by atoms with Crippen molar-refractivity contribution in [2.24, 2.45) is 10.9 Å². The van der Waals surface area contributed by atoms with Crippen LogP contribution in [0.4, 0.5) is 0 Å². The van der Waals surface area contributed by atoms with Crippen LogP contribution in [0.1, 0.15) is 31.2 Å². The van der Waals surface area contributed by atoms with Crippen molar-refractivity contribution in [3.05, 3.63) is 35.9 Å². The van der Waals surface area contributed by atoms with Gasteiger partial charge in [-0.15, -0.1) is 24.0 Å². The monoisotopic (exact) mass is 557 g/mol. The number of benzene rings is 1. The topological polar surface area (TPSA) is 60.4 Å². The Morgan fingerprint density at radius 3 is 2.56 bits per heavy atom. The van der Waals surface area contributed by atoms with Crippen LogP contribution in [0, 0.1) is 5.92 Å². The van der Waals surface area contributed by atoms with Crippen molar-refractivity contribution in [3.63, 3.8) is 0 Å². The van der Waals surface area contributed by atoms with Gasteiger partial charge in [-0.05, 0) is 23.8 Å². The van der Waals surface area contributed by atoms with E-state index >= 15 is 0 Å². The van der Waals surface area contributed by atoms with Gasteiger partial charge >= 0.3 is 0 Å². The number of piperidine rings is 1. The van der Waals surface area contributed by atoms with Crippen molar-refractivity contribution in [2.45, 2.75) is 25.7 Å². The molecule has 1 aromatic carbocycles. The normalized spacial score (nSPS) is 22.2. The van der Waals surface area contributed by atoms with Crippen molar-refractivity contribution >= 4 is 35.8 Å². The molecule has 0 aromatic heterocycles. The quantitative estimate of drug-likeness (QED) is 0.317. The van der Waals surface area contributed by atoms with Gasteiger partial charge in [0.1, 0.15) is 6.54 Å². The average Bonchev–Trinajstić information content (AvgIpc) is 2.81. The van der Waals surface area contributed by atoms with Crippen molar-refractivity contribution in [1.29, 1.82) is 0 Å². The van der Waals surface area contributed by atoms with Crippen LogP contribution < -0.4 is 5.32 Å². The van der Waals surface area contributed by atoms with E-state index in [0.717, 1.165) is 71.3 Å². The molecule has 32 heavy (non-hydrogen) atoms. The van der Waals surface area contributed by atoms with Crippen molar-refractivity contribution in [2.75, 3.05) is 73.1 Å². The molecule has 8 heteroatoms. The summed E-state index contributed by atoms with van der Waals surface area (Å²) in [7, 11) is 3.56. The molecule has 2 unspecified atom stereocenters. The van der Waals surface area contributed by atoms with Gasteiger partial charge in [-0.2, -0.15) is 0 Å². The highest BCUT2D eigenvalue weighted by Gasteiger charge is 2.30. The summed E-state index contributed by atoms with van der Waals surface area (Å²) in [6.07, 6.45) is 2.24. The van der Waals surface area contributed by atoms with Crippen LogP contribution in [-0.2, 0) is 9.53 Å². The number of hydrogen-bond donors (Lipinski definition) is 1. The van der Waals surface area contributed by atoms with Gasteiger partial charge in [0.2, 0.25) is 5.91 Å². The molecule has 1 amide bonds. The summed E-state index contributed by atoms with van der Waals surface area (Å²) in [5, 5.41) is 3.55. The zero-order chi connectivity index (χ0) is 22.1. The van der Waals surface area contributed by atoms with E-state index in [1.165, 1.54) is 5.56 Å². The van der Waals surface area contributed by atoms with Crippen molar-refractivity contribution in [1.82, 2.24) is 20.0 Å². The van der Waals surface area contributed by atoms with E-state index in [4.69, 9.17) is 9.73 Å². The number of ether oxygens (including phenoxy) is 1. The minimum atomic E-state index is 0. The van der Waals surface area contributed by atoms with Crippen LogP contribution in [0.5, 0.6) is 0 Å². The number of likely N-dealkylation sites (N-methyl/N-ethyl adjacent to an activating group) is 1. The first-order valence-electron chi connectivity index (χ1n) is 11.7. The first kappa shape index (κ1) is 26.9. The van der Waals surface area contributed by atoms with Crippen molar-refractivity contribution < 1.29 is 9.53 Å². The Bertz CT molecular complexity index is 710. The third-order valence-electron chi connectivity index (χ3n) is 6.46. The van der Waals surface area contributed by atoms with Crippen LogP contribution in [0.15, 0.2) is 35.3 Å². The summed E-state index contributed by atoms with van der Waals surface area (Å²) in [6, 6.07) is 10.9. The number of likely N-dealkylation sites (tertiary alicyclic amines) is 1. The molecule has 0 aliphatic carbocycles. The molecule has 0 saturated carbocycles. The van der Waals surface area contributed by atoms with Gasteiger partial charge in [0.15, 0.2) is 5.96 Å². The van der Waals surface area contributed by atoms with E-state index in [1.807, 2.05) is 0 Å². The summed E-state index contributed by atoms with van der Waals surface area (Å²) in [5.41, 5.74) is 1.44. The van der Waals surface area contributed by atoms with Gasteiger partial charge in [-0.1, -0.05) is 43.7 Å². The van der Waals surface area contributed by atoms with Crippen LogP contribution in [0.2, 0.25) is 0 Å². The molecule has 2 heterocycles. The molecule has 2 saturated heterocycles. The van der Waals surface area contributed by atoms with Gasteiger partial charge in [-0.25, -0.2) is 4.99 Å². The van der Waals surface area contributed by atoms with Crippen LogP contribution >= 0.6 is 24.0 Å². The van der Waals surface area contributed by atoms with Gasteiger partial charge in [0.25, 0.3) is 0 Å². The molecule has 2 fully saturated rings. The minimum absolute atomic E-state index is 0. The second kappa shape index (κ2) is 14.0. The van der Waals surface area contributed by atoms with Crippen LogP contribution in [0.3, 0.4) is 0 Å². The molecular formula is C24H40IN5O2. The summed E-state index contributed by atoms with van der Waals surface area (Å²) in [4.78, 5) is 23.2. The highest BCUT2D eigenvalue weighted by molar-refractivity contribution is 14.0. The lowest BCUT2D eigenvalue weighted by atomic mass is 9.79. The van der Waals surface area contributed by atoms with E-state index in [-0.39, 0.29) is 36.4 Å². The number of carbonyl (C=O) groups is 1. The number of carbonyl (C=O) groups excluding carboxylic acids is 1. The number of rotatable bonds is 7. The van der Waals surface area contributed by atoms with Crippen molar-refractivity contribution in [3.8, 4) is 0 Å². The van der Waals surface area contributed by atoms with E-state index in [1.54, 1.807) is 19.0 Å². The molecule has 0 radical (unpaired) electrons. The molecule has 180 valence electrons. The Kier molecular flexibility index (Phi) is 11.7. The molecule has 2 aliphatic rings. The molecule has 0 spiro atoms. The second-order valence-corrected chi connectivity index (χ2v) is 8.73. The maximum atomic E-state index is 12.2. The van der Waals surface area contributed by atoms with E-state index < -0.39 is 0 Å². The average molecular weight is 558 g/mol. The first-order chi connectivity index (χ1) is 15.1. The number of amides is 1. The molecule has 2 atom stereocenters. The molecule has 2 aliphatic heterocycles. The number of nitrogens with zero attached hydrogens (tertiary/aromatic N) is 4. The summed E-state index contributed by atoms with van der Waals surface area (Å²) >= 11 is 0. The number of aliphatic imine (C=N–C) groups is 1. The van der Waals surface area contributed by atoms with Gasteiger partial charge in [0, 0.05) is 53.4 Å². The number of halogens is 1. The summed E-state index contributed by atoms with van der Waals surface area (Å²) in [6.45, 7) is 9.75. The van der Waals surface area contributed by atoms with Gasteiger partial charge < -0.3 is 19.9 Å². The fourth-order valence-corrected chi connectivity index (χ4v) is 4.48. The van der Waals surface area contributed by atoms with E-state index in [2.05, 4.69) is 52.4 Å². The fraction of sp³-hybridized carbons (Fsp3) is 0.667. The van der Waals surface area contributed by atoms with Gasteiger partial charge in [-0.3, -0.25) is 9.69 Å². The zero-order valence-electron chi connectivity index (χ0n) is 19.8. The lowest BCUT2D eigenvalue weighted by molar-refractivity contribution is -0.127. The highest BCUT2D eigenvalue weighted by atomic mass is 127. The molecule has 1 aromatic rings. The maximum absolute atomic E-state index is 12.2. The summed E-state index contributed by atoms with van der Waals surface area (Å²) in [5.74, 6) is 2.06. The first-order valence-corrected chi connectivity index (χ1v) is 11.7. The predicted octanol–water partition coefficient (Wildman–Crippen LogP) is 2.49. The van der Waals surface area contributed by atoms with Crippen LogP contribution in [0.25, 0.3) is 0 Å². The minimum Gasteiger partial charge on any atom is -0.379 e. The highest BCUT2D eigenvalue weighted by Crippen LogP contribution is 2.34. The molecule has 7 nitrogen and oxygen atoms in total. The molecule has 0 bridgehead atoms. The number of nitrogens with one attached hydrogen (secondary N) is 1. The number of guanidine groups is 1. The number of hydrogen-bond acceptors (Lipinski definition) is 4. The zero-order valence-corrected chi connectivity index (χ0v) is 22.2. The lowest BCUT2D eigenvalue weighted by Crippen LogP contribution is -2.50. The fourth-order valence-electron chi connectivity index (χ4n) is 4.48.